The molecule has 0 saturated heterocycles. The molecule has 4 nitrogen and oxygen atoms in total. The first kappa shape index (κ1) is 14.9. The minimum Gasteiger partial charge on any atom is -0.354 e. The lowest BCUT2D eigenvalue weighted by Crippen LogP contribution is -2.25. The van der Waals surface area contributed by atoms with Crippen LogP contribution in [-0.4, -0.2) is 20.9 Å². The molecule has 0 spiro atoms. The maximum absolute atomic E-state index is 4.21. The van der Waals surface area contributed by atoms with Gasteiger partial charge in [-0.25, -0.2) is 0 Å². The van der Waals surface area contributed by atoms with Gasteiger partial charge in [0.15, 0.2) is 0 Å². The fourth-order valence-electron chi connectivity index (χ4n) is 2.63. The second kappa shape index (κ2) is 6.75. The van der Waals surface area contributed by atoms with E-state index in [1.165, 1.54) is 11.3 Å². The fourth-order valence-corrected chi connectivity index (χ4v) is 2.63. The Balaban J connectivity index is 1.99. The van der Waals surface area contributed by atoms with Crippen molar-refractivity contribution in [2.75, 3.05) is 6.54 Å². The number of hydrogen-bond donors (Lipinski definition) is 1. The van der Waals surface area contributed by atoms with Crippen molar-refractivity contribution in [3.05, 3.63) is 42.0 Å². The minimum atomic E-state index is 0.443. The Labute approximate surface area is 121 Å². The quantitative estimate of drug-likeness (QED) is 0.842. The molecular weight excluding hydrogens is 248 g/mol. The van der Waals surface area contributed by atoms with Crippen LogP contribution in [0.15, 0.2) is 30.7 Å². The topological polar surface area (TPSA) is 34.8 Å². The highest BCUT2D eigenvalue weighted by molar-refractivity contribution is 5.16. The van der Waals surface area contributed by atoms with Crippen LogP contribution in [0.1, 0.15) is 38.1 Å². The lowest BCUT2D eigenvalue weighted by molar-refractivity contribution is 0.421. The van der Waals surface area contributed by atoms with Gasteiger partial charge < -0.3 is 9.88 Å². The molecule has 2 rings (SSSR count). The van der Waals surface area contributed by atoms with Crippen LogP contribution in [0.4, 0.5) is 0 Å². The van der Waals surface area contributed by atoms with Crippen molar-refractivity contribution in [2.45, 2.75) is 39.8 Å². The maximum atomic E-state index is 4.21. The Hall–Kier alpha value is -1.55. The smallest absolute Gasteiger partial charge is 0.0492 e. The molecule has 4 heteroatoms. The first-order chi connectivity index (χ1) is 9.61. The molecule has 0 aliphatic rings. The van der Waals surface area contributed by atoms with Crippen LogP contribution < -0.4 is 5.32 Å². The van der Waals surface area contributed by atoms with Crippen LogP contribution in [-0.2, 0) is 20.0 Å². The van der Waals surface area contributed by atoms with E-state index in [4.69, 9.17) is 0 Å². The van der Waals surface area contributed by atoms with Crippen molar-refractivity contribution >= 4 is 0 Å². The summed E-state index contributed by atoms with van der Waals surface area (Å²) in [5, 5.41) is 7.77. The molecule has 0 radical (unpaired) electrons. The van der Waals surface area contributed by atoms with E-state index in [9.17, 15) is 0 Å². The Morgan fingerprint density at radius 1 is 1.30 bits per heavy atom. The van der Waals surface area contributed by atoms with Crippen molar-refractivity contribution in [3.8, 4) is 0 Å². The van der Waals surface area contributed by atoms with Crippen LogP contribution in [0.5, 0.6) is 0 Å². The number of aromatic nitrogens is 3. The number of rotatable bonds is 7. The van der Waals surface area contributed by atoms with E-state index in [-0.39, 0.29) is 0 Å². The van der Waals surface area contributed by atoms with Crippen LogP contribution in [0.2, 0.25) is 0 Å². The normalized spacial score (nSPS) is 13.1. The third kappa shape index (κ3) is 3.51. The lowest BCUT2D eigenvalue weighted by atomic mass is 9.98. The molecule has 2 heterocycles. The summed E-state index contributed by atoms with van der Waals surface area (Å²) in [6, 6.07) is 4.76. The second-order valence-corrected chi connectivity index (χ2v) is 5.66. The highest BCUT2D eigenvalue weighted by Crippen LogP contribution is 2.21. The van der Waals surface area contributed by atoms with Crippen LogP contribution in [0, 0.1) is 5.92 Å². The molecule has 1 atom stereocenters. The average Bonchev–Trinajstić information content (AvgIpc) is 3.02. The van der Waals surface area contributed by atoms with E-state index in [0.29, 0.717) is 12.0 Å². The van der Waals surface area contributed by atoms with Crippen LogP contribution in [0.3, 0.4) is 0 Å². The number of nitrogens with one attached hydrogen (secondary N) is 1. The first-order valence-electron chi connectivity index (χ1n) is 7.47. The van der Waals surface area contributed by atoms with Gasteiger partial charge in [-0.2, -0.15) is 5.10 Å². The third-order valence-electron chi connectivity index (χ3n) is 3.77. The molecule has 0 bridgehead atoms. The summed E-state index contributed by atoms with van der Waals surface area (Å²) in [6.07, 6.45) is 7.32. The zero-order valence-electron chi connectivity index (χ0n) is 13.0. The first-order valence-corrected chi connectivity index (χ1v) is 7.47. The van der Waals surface area contributed by atoms with E-state index in [1.54, 1.807) is 0 Å². The molecule has 0 fully saturated rings. The summed E-state index contributed by atoms with van der Waals surface area (Å²) in [5.74, 6) is 0.600. The maximum Gasteiger partial charge on any atom is 0.0492 e. The zero-order chi connectivity index (χ0) is 14.5. The highest BCUT2D eigenvalue weighted by atomic mass is 15.3. The summed E-state index contributed by atoms with van der Waals surface area (Å²) in [7, 11) is 2.00. The molecule has 110 valence electrons. The Bertz CT molecular complexity index is 524. The van der Waals surface area contributed by atoms with Gasteiger partial charge in [0.1, 0.15) is 0 Å². The van der Waals surface area contributed by atoms with Gasteiger partial charge in [0, 0.05) is 50.3 Å². The molecule has 2 aromatic heterocycles. The molecule has 1 unspecified atom stereocenters. The van der Waals surface area contributed by atoms with Crippen molar-refractivity contribution in [1.82, 2.24) is 19.7 Å². The van der Waals surface area contributed by atoms with Crippen LogP contribution >= 0.6 is 0 Å². The third-order valence-corrected chi connectivity index (χ3v) is 3.77. The standard InChI is InChI=1S/C16H26N4/c1-5-17-16(13(2)3)14-7-10-20(12-14)11-8-15-6-9-18-19(15)4/h6-7,9-10,12-13,16-17H,5,8,11H2,1-4H3. The summed E-state index contributed by atoms with van der Waals surface area (Å²) >= 11 is 0. The molecule has 1 N–H and O–H groups in total. The zero-order valence-corrected chi connectivity index (χ0v) is 13.0. The fraction of sp³-hybridized carbons (Fsp3) is 0.562. The van der Waals surface area contributed by atoms with Gasteiger partial charge >= 0.3 is 0 Å². The number of nitrogens with zero attached hydrogens (tertiary/aromatic N) is 3. The Kier molecular flexibility index (Phi) is 5.01. The number of aryl methyl sites for hydroxylation is 3. The van der Waals surface area contributed by atoms with Crippen molar-refractivity contribution in [1.29, 1.82) is 0 Å². The van der Waals surface area contributed by atoms with E-state index in [0.717, 1.165) is 19.5 Å². The minimum absolute atomic E-state index is 0.443. The molecule has 0 aromatic carbocycles. The second-order valence-electron chi connectivity index (χ2n) is 5.66. The SMILES string of the molecule is CCNC(c1ccn(CCc2ccnn2C)c1)C(C)C. The van der Waals surface area contributed by atoms with Crippen molar-refractivity contribution < 1.29 is 0 Å². The highest BCUT2D eigenvalue weighted by Gasteiger charge is 2.15. The molecule has 20 heavy (non-hydrogen) atoms. The average molecular weight is 274 g/mol. The van der Waals surface area contributed by atoms with Gasteiger partial charge in [-0.15, -0.1) is 0 Å². The monoisotopic (exact) mass is 274 g/mol. The molecular formula is C16H26N4. The van der Waals surface area contributed by atoms with Crippen LogP contribution in [0.25, 0.3) is 0 Å². The van der Waals surface area contributed by atoms with Gasteiger partial charge in [-0.1, -0.05) is 20.8 Å². The summed E-state index contributed by atoms with van der Waals surface area (Å²) in [4.78, 5) is 0. The summed E-state index contributed by atoms with van der Waals surface area (Å²) < 4.78 is 4.22. The van der Waals surface area contributed by atoms with Crippen molar-refractivity contribution in [3.63, 3.8) is 0 Å². The van der Waals surface area contributed by atoms with Crippen molar-refractivity contribution in [2.24, 2.45) is 13.0 Å². The van der Waals surface area contributed by atoms with E-state index < -0.39 is 0 Å². The largest absolute Gasteiger partial charge is 0.354 e. The van der Waals surface area contributed by atoms with Gasteiger partial charge in [0.2, 0.25) is 0 Å². The van der Waals surface area contributed by atoms with E-state index in [1.807, 2.05) is 17.9 Å². The van der Waals surface area contributed by atoms with E-state index in [2.05, 4.69) is 60.3 Å². The van der Waals surface area contributed by atoms with Gasteiger partial charge in [0.25, 0.3) is 0 Å². The predicted molar refractivity (Wildman–Crippen MR) is 82.6 cm³/mol. The molecule has 2 aromatic rings. The Morgan fingerprint density at radius 3 is 2.70 bits per heavy atom. The number of hydrogen-bond acceptors (Lipinski definition) is 2. The lowest BCUT2D eigenvalue weighted by Gasteiger charge is -2.20. The summed E-state index contributed by atoms with van der Waals surface area (Å²) in [5.41, 5.74) is 2.65. The molecule has 0 aliphatic carbocycles. The van der Waals surface area contributed by atoms with Gasteiger partial charge in [-0.05, 0) is 30.2 Å². The molecule has 0 aliphatic heterocycles. The van der Waals surface area contributed by atoms with E-state index >= 15 is 0 Å². The van der Waals surface area contributed by atoms with Gasteiger partial charge in [0.05, 0.1) is 0 Å². The Morgan fingerprint density at radius 2 is 2.10 bits per heavy atom. The molecule has 0 amide bonds. The summed E-state index contributed by atoms with van der Waals surface area (Å²) in [6.45, 7) is 8.69. The predicted octanol–water partition coefficient (Wildman–Crippen LogP) is 2.77. The molecule has 0 saturated carbocycles. The van der Waals surface area contributed by atoms with Gasteiger partial charge in [-0.3, -0.25) is 4.68 Å².